The number of alkyl carbamates (subject to hydrolysis) is 1. The van der Waals surface area contributed by atoms with Gasteiger partial charge in [0, 0.05) is 12.1 Å². The molecule has 0 bridgehead atoms. The molecule has 3 N–H and O–H groups in total. The monoisotopic (exact) mass is 334 g/mol. The minimum Gasteiger partial charge on any atom is -0.505 e. The molecule has 0 aromatic heterocycles. The second kappa shape index (κ2) is 7.54. The Morgan fingerprint density at radius 2 is 1.91 bits per heavy atom. The first kappa shape index (κ1) is 19.1. The maximum Gasteiger partial charge on any atom is 0.407 e. The number of alkyl halides is 2. The van der Waals surface area contributed by atoms with Crippen LogP contribution < -0.4 is 10.6 Å². The first-order valence-corrected chi connectivity index (χ1v) is 7.02. The molecule has 0 aliphatic heterocycles. The Morgan fingerprint density at radius 3 is 2.52 bits per heavy atom. The number of phenolic OH excluding ortho intramolecular Hbond substituents is 1. The maximum absolute atomic E-state index is 13.6. The summed E-state index contributed by atoms with van der Waals surface area (Å²) in [7, 11) is 0. The molecule has 0 saturated heterocycles. The summed E-state index contributed by atoms with van der Waals surface area (Å²) >= 11 is 0. The van der Waals surface area contributed by atoms with Gasteiger partial charge in [0.25, 0.3) is 5.92 Å². The SMILES string of the molecule is CC(C)(C)OC(=O)NCC(F)(F)CNCc1cccc(F)c1O. The van der Waals surface area contributed by atoms with E-state index >= 15 is 0 Å². The molecule has 0 spiro atoms. The fourth-order valence-corrected chi connectivity index (χ4v) is 1.66. The zero-order chi connectivity index (χ0) is 17.7. The Morgan fingerprint density at radius 1 is 1.26 bits per heavy atom. The molecule has 23 heavy (non-hydrogen) atoms. The summed E-state index contributed by atoms with van der Waals surface area (Å²) in [5.41, 5.74) is -0.604. The predicted octanol–water partition coefficient (Wildman–Crippen LogP) is 2.78. The van der Waals surface area contributed by atoms with Crippen LogP contribution >= 0.6 is 0 Å². The number of phenols is 1. The summed E-state index contributed by atoms with van der Waals surface area (Å²) in [5, 5.41) is 13.8. The van der Waals surface area contributed by atoms with Crippen molar-refractivity contribution in [1.29, 1.82) is 0 Å². The van der Waals surface area contributed by atoms with Crippen molar-refractivity contribution in [1.82, 2.24) is 10.6 Å². The summed E-state index contributed by atoms with van der Waals surface area (Å²) in [6, 6.07) is 3.86. The molecule has 0 radical (unpaired) electrons. The topological polar surface area (TPSA) is 70.6 Å². The van der Waals surface area contributed by atoms with Crippen LogP contribution in [0.1, 0.15) is 26.3 Å². The average molecular weight is 334 g/mol. The second-order valence-electron chi connectivity index (χ2n) is 6.06. The first-order chi connectivity index (χ1) is 10.5. The third-order valence-corrected chi connectivity index (χ3v) is 2.66. The summed E-state index contributed by atoms with van der Waals surface area (Å²) < 4.78 is 45.2. The quantitative estimate of drug-likeness (QED) is 0.748. The van der Waals surface area contributed by atoms with Crippen molar-refractivity contribution in [3.05, 3.63) is 29.6 Å². The number of carbonyl (C=O) groups is 1. The Hall–Kier alpha value is -1.96. The van der Waals surface area contributed by atoms with Crippen molar-refractivity contribution >= 4 is 6.09 Å². The van der Waals surface area contributed by atoms with Gasteiger partial charge in [-0.25, -0.2) is 18.0 Å². The van der Waals surface area contributed by atoms with E-state index < -0.39 is 42.3 Å². The smallest absolute Gasteiger partial charge is 0.407 e. The van der Waals surface area contributed by atoms with Gasteiger partial charge in [-0.3, -0.25) is 0 Å². The average Bonchev–Trinajstić information content (AvgIpc) is 2.39. The third kappa shape index (κ3) is 7.23. The molecule has 0 aliphatic rings. The predicted molar refractivity (Wildman–Crippen MR) is 79.0 cm³/mol. The van der Waals surface area contributed by atoms with Gasteiger partial charge in [-0.2, -0.15) is 0 Å². The Kier molecular flexibility index (Phi) is 6.26. The maximum atomic E-state index is 13.6. The third-order valence-electron chi connectivity index (χ3n) is 2.66. The lowest BCUT2D eigenvalue weighted by Crippen LogP contribution is -2.44. The highest BCUT2D eigenvalue weighted by molar-refractivity contribution is 5.67. The Balaban J connectivity index is 2.41. The van der Waals surface area contributed by atoms with Crippen molar-refractivity contribution in [2.24, 2.45) is 0 Å². The van der Waals surface area contributed by atoms with Crippen LogP contribution in [0, 0.1) is 5.82 Å². The zero-order valence-corrected chi connectivity index (χ0v) is 13.3. The van der Waals surface area contributed by atoms with Gasteiger partial charge in [0.1, 0.15) is 5.60 Å². The van der Waals surface area contributed by atoms with Crippen LogP contribution in [0.3, 0.4) is 0 Å². The van der Waals surface area contributed by atoms with Crippen molar-refractivity contribution < 1.29 is 27.8 Å². The lowest BCUT2D eigenvalue weighted by molar-refractivity contribution is -0.00379. The molecule has 0 atom stereocenters. The molecule has 0 heterocycles. The van der Waals surface area contributed by atoms with Gasteiger partial charge in [-0.15, -0.1) is 0 Å². The van der Waals surface area contributed by atoms with E-state index in [0.29, 0.717) is 0 Å². The molecule has 0 fully saturated rings. The fourth-order valence-electron chi connectivity index (χ4n) is 1.66. The lowest BCUT2D eigenvalue weighted by atomic mass is 10.2. The van der Waals surface area contributed by atoms with E-state index in [9.17, 15) is 23.1 Å². The summed E-state index contributed by atoms with van der Waals surface area (Å²) in [5.74, 6) is -4.61. The van der Waals surface area contributed by atoms with Crippen molar-refractivity contribution in [2.45, 2.75) is 38.8 Å². The van der Waals surface area contributed by atoms with Gasteiger partial charge in [-0.05, 0) is 26.8 Å². The van der Waals surface area contributed by atoms with Gasteiger partial charge >= 0.3 is 6.09 Å². The van der Waals surface area contributed by atoms with E-state index in [-0.39, 0.29) is 12.1 Å². The number of carbonyl (C=O) groups excluding carboxylic acids is 1. The number of rotatable bonds is 6. The molecule has 0 saturated carbocycles. The van der Waals surface area contributed by atoms with Crippen molar-refractivity contribution in [3.63, 3.8) is 0 Å². The summed E-state index contributed by atoms with van der Waals surface area (Å²) in [6.45, 7) is 3.08. The number of amides is 1. The van der Waals surface area contributed by atoms with Gasteiger partial charge in [0.15, 0.2) is 11.6 Å². The fraction of sp³-hybridized carbons (Fsp3) is 0.533. The number of aromatic hydroxyl groups is 1. The molecule has 0 aliphatic carbocycles. The van der Waals surface area contributed by atoms with E-state index in [4.69, 9.17) is 4.74 Å². The number of hydrogen-bond donors (Lipinski definition) is 3. The summed E-state index contributed by atoms with van der Waals surface area (Å²) in [4.78, 5) is 11.3. The van der Waals surface area contributed by atoms with Crippen LogP contribution in [-0.2, 0) is 11.3 Å². The number of benzene rings is 1. The number of hydrogen-bond acceptors (Lipinski definition) is 4. The largest absolute Gasteiger partial charge is 0.505 e. The van der Waals surface area contributed by atoms with E-state index in [0.717, 1.165) is 6.07 Å². The molecule has 1 aromatic rings. The Labute approximate surface area is 132 Å². The highest BCUT2D eigenvalue weighted by Gasteiger charge is 2.30. The summed E-state index contributed by atoms with van der Waals surface area (Å²) in [6.07, 6.45) is -0.931. The number of nitrogens with one attached hydrogen (secondary N) is 2. The van der Waals surface area contributed by atoms with Crippen LogP contribution in [0.4, 0.5) is 18.0 Å². The zero-order valence-electron chi connectivity index (χ0n) is 13.3. The molecule has 5 nitrogen and oxygen atoms in total. The number of ether oxygens (including phenoxy) is 1. The highest BCUT2D eigenvalue weighted by atomic mass is 19.3. The van der Waals surface area contributed by atoms with Crippen LogP contribution in [0.15, 0.2) is 18.2 Å². The van der Waals surface area contributed by atoms with Crippen LogP contribution in [0.2, 0.25) is 0 Å². The van der Waals surface area contributed by atoms with Gasteiger partial charge in [-0.1, -0.05) is 12.1 Å². The normalized spacial score (nSPS) is 12.1. The molecular formula is C15H21F3N2O3. The molecule has 130 valence electrons. The molecule has 0 unspecified atom stereocenters. The van der Waals surface area contributed by atoms with Crippen LogP contribution in [-0.4, -0.2) is 35.8 Å². The molecule has 8 heteroatoms. The van der Waals surface area contributed by atoms with Crippen LogP contribution in [0.5, 0.6) is 5.75 Å². The van der Waals surface area contributed by atoms with E-state index in [1.165, 1.54) is 12.1 Å². The first-order valence-electron chi connectivity index (χ1n) is 7.02. The second-order valence-corrected chi connectivity index (χ2v) is 6.06. The Bertz CT molecular complexity index is 545. The van der Waals surface area contributed by atoms with Gasteiger partial charge in [0.2, 0.25) is 0 Å². The molecule has 1 rings (SSSR count). The molecular weight excluding hydrogens is 313 g/mol. The van der Waals surface area contributed by atoms with Crippen LogP contribution in [0.25, 0.3) is 0 Å². The minimum atomic E-state index is -3.22. The number of para-hydroxylation sites is 1. The molecule has 1 aromatic carbocycles. The lowest BCUT2D eigenvalue weighted by Gasteiger charge is -2.22. The van der Waals surface area contributed by atoms with E-state index in [1.807, 2.05) is 5.32 Å². The van der Waals surface area contributed by atoms with Gasteiger partial charge < -0.3 is 20.5 Å². The standard InChI is InChI=1S/C15H21F3N2O3/c1-14(2,3)23-13(22)20-9-15(17,18)8-19-7-10-5-4-6-11(16)12(10)21/h4-6,19,21H,7-9H2,1-3H3,(H,20,22). The van der Waals surface area contributed by atoms with Gasteiger partial charge in [0.05, 0.1) is 13.1 Å². The minimum absolute atomic E-state index is 0.133. The number of halogens is 3. The van der Waals surface area contributed by atoms with Crippen molar-refractivity contribution in [3.8, 4) is 5.75 Å². The highest BCUT2D eigenvalue weighted by Crippen LogP contribution is 2.20. The van der Waals surface area contributed by atoms with Crippen molar-refractivity contribution in [2.75, 3.05) is 13.1 Å². The molecule has 1 amide bonds. The van der Waals surface area contributed by atoms with E-state index in [2.05, 4.69) is 5.32 Å². The van der Waals surface area contributed by atoms with E-state index in [1.54, 1.807) is 20.8 Å².